The zero-order valence-electron chi connectivity index (χ0n) is 15.4. The summed E-state index contributed by atoms with van der Waals surface area (Å²) in [5.41, 5.74) is 0.639. The minimum absolute atomic E-state index is 0.112. The number of nitrogens with zero attached hydrogens (tertiary/aromatic N) is 3. The molecule has 1 heterocycles. The van der Waals surface area contributed by atoms with E-state index in [0.717, 1.165) is 12.8 Å². The molecule has 6 nitrogen and oxygen atoms in total. The summed E-state index contributed by atoms with van der Waals surface area (Å²) in [4.78, 5) is 14.4. The molecule has 10 heteroatoms. The first kappa shape index (κ1) is 21.2. The van der Waals surface area contributed by atoms with Gasteiger partial charge in [-0.1, -0.05) is 58.5 Å². The molecule has 0 radical (unpaired) electrons. The topological polar surface area (TPSA) is 68.5 Å². The minimum Gasteiger partial charge on any atom is -0.482 e. The first-order valence-corrected chi connectivity index (χ1v) is 10.6. The van der Waals surface area contributed by atoms with E-state index in [4.69, 9.17) is 55.6 Å². The van der Waals surface area contributed by atoms with E-state index in [9.17, 15) is 4.79 Å². The normalized spacial score (nSPS) is 13.3. The van der Waals surface area contributed by atoms with Crippen LogP contribution in [-0.2, 0) is 11.3 Å². The zero-order chi connectivity index (χ0) is 21.3. The fraction of sp³-hybridized carbons (Fsp3) is 0.250. The number of aromatic nitrogens is 2. The second kappa shape index (κ2) is 9.02. The Morgan fingerprint density at radius 3 is 2.50 bits per heavy atom. The molecule has 0 spiro atoms. The van der Waals surface area contributed by atoms with Gasteiger partial charge in [-0.05, 0) is 31.0 Å². The third kappa shape index (κ3) is 4.83. The van der Waals surface area contributed by atoms with Crippen LogP contribution in [0.5, 0.6) is 5.75 Å². The largest absolute Gasteiger partial charge is 0.482 e. The maximum atomic E-state index is 12.8. The second-order valence-corrected chi connectivity index (χ2v) is 8.35. The Bertz CT molecular complexity index is 1080. The molecule has 1 aliphatic rings. The lowest BCUT2D eigenvalue weighted by Crippen LogP contribution is -2.36. The fourth-order valence-electron chi connectivity index (χ4n) is 2.85. The Morgan fingerprint density at radius 1 is 1.03 bits per heavy atom. The molecule has 30 heavy (non-hydrogen) atoms. The lowest BCUT2D eigenvalue weighted by Gasteiger charge is -2.21. The van der Waals surface area contributed by atoms with Crippen molar-refractivity contribution in [3.05, 3.63) is 62.4 Å². The highest BCUT2D eigenvalue weighted by molar-refractivity contribution is 6.43. The summed E-state index contributed by atoms with van der Waals surface area (Å²) in [5, 5.41) is 9.49. The van der Waals surface area contributed by atoms with Crippen molar-refractivity contribution < 1.29 is 13.9 Å². The highest BCUT2D eigenvalue weighted by Crippen LogP contribution is 2.34. The number of benzene rings is 2. The molecule has 3 aromatic rings. The van der Waals surface area contributed by atoms with Gasteiger partial charge in [0.05, 0.1) is 32.2 Å². The van der Waals surface area contributed by atoms with E-state index in [2.05, 4.69) is 10.2 Å². The van der Waals surface area contributed by atoms with Crippen LogP contribution < -0.4 is 4.74 Å². The Balaban J connectivity index is 1.44. The van der Waals surface area contributed by atoms with Gasteiger partial charge in [0.25, 0.3) is 5.91 Å². The molecule has 2 aromatic carbocycles. The molecule has 0 aliphatic heterocycles. The molecule has 156 valence electrons. The smallest absolute Gasteiger partial charge is 0.261 e. The standard InChI is InChI=1S/C20H15Cl4N3O3/c21-13-4-2-1-3-12(13)20-26-25-18(30-20)9-27(11-5-6-11)19(28)10-29-17-8-15(23)14(22)7-16(17)24/h1-4,7-8,11H,5-6,9-10H2. The highest BCUT2D eigenvalue weighted by atomic mass is 35.5. The molecule has 0 bridgehead atoms. The minimum atomic E-state index is -0.225. The Labute approximate surface area is 192 Å². The van der Waals surface area contributed by atoms with Crippen LogP contribution in [0.4, 0.5) is 0 Å². The van der Waals surface area contributed by atoms with Crippen molar-refractivity contribution >= 4 is 52.3 Å². The molecule has 0 N–H and O–H groups in total. The van der Waals surface area contributed by atoms with Crippen LogP contribution in [0.25, 0.3) is 11.5 Å². The summed E-state index contributed by atoms with van der Waals surface area (Å²) in [5.74, 6) is 0.682. The van der Waals surface area contributed by atoms with Crippen molar-refractivity contribution in [3.8, 4) is 17.2 Å². The Morgan fingerprint density at radius 2 is 1.77 bits per heavy atom. The monoisotopic (exact) mass is 485 g/mol. The number of carbonyl (C=O) groups excluding carboxylic acids is 1. The van der Waals surface area contributed by atoms with Crippen LogP contribution in [-0.4, -0.2) is 33.7 Å². The number of halogens is 4. The maximum Gasteiger partial charge on any atom is 0.261 e. The third-order valence-corrected chi connectivity index (χ3v) is 5.86. The zero-order valence-corrected chi connectivity index (χ0v) is 18.5. The number of rotatable bonds is 7. The number of hydrogen-bond acceptors (Lipinski definition) is 5. The number of hydrogen-bond donors (Lipinski definition) is 0. The van der Waals surface area contributed by atoms with Gasteiger partial charge in [-0.2, -0.15) is 0 Å². The first-order valence-electron chi connectivity index (χ1n) is 9.06. The van der Waals surface area contributed by atoms with E-state index in [1.807, 2.05) is 12.1 Å². The van der Waals surface area contributed by atoms with Crippen LogP contribution in [0.15, 0.2) is 40.8 Å². The number of ether oxygens (including phenoxy) is 1. The maximum absolute atomic E-state index is 12.8. The summed E-state index contributed by atoms with van der Waals surface area (Å²) >= 11 is 24.2. The SMILES string of the molecule is O=C(COc1cc(Cl)c(Cl)cc1Cl)N(Cc1nnc(-c2ccccc2Cl)o1)C1CC1. The quantitative estimate of drug-likeness (QED) is 0.387. The number of amides is 1. The van der Waals surface area contributed by atoms with Crippen molar-refractivity contribution in [2.75, 3.05) is 6.61 Å². The molecule has 1 saturated carbocycles. The van der Waals surface area contributed by atoms with Gasteiger partial charge < -0.3 is 14.1 Å². The molecule has 0 atom stereocenters. The second-order valence-electron chi connectivity index (χ2n) is 6.72. The van der Waals surface area contributed by atoms with Crippen LogP contribution in [0.3, 0.4) is 0 Å². The average Bonchev–Trinajstić information content (AvgIpc) is 3.46. The van der Waals surface area contributed by atoms with Crippen molar-refractivity contribution in [2.45, 2.75) is 25.4 Å². The van der Waals surface area contributed by atoms with E-state index in [0.29, 0.717) is 32.4 Å². The molecule has 4 rings (SSSR count). The van der Waals surface area contributed by atoms with Crippen LogP contribution >= 0.6 is 46.4 Å². The van der Waals surface area contributed by atoms with Crippen molar-refractivity contribution in [1.82, 2.24) is 15.1 Å². The van der Waals surface area contributed by atoms with E-state index in [-0.39, 0.29) is 35.9 Å². The predicted molar refractivity (Wildman–Crippen MR) is 115 cm³/mol. The number of carbonyl (C=O) groups is 1. The first-order chi connectivity index (χ1) is 14.4. The van der Waals surface area contributed by atoms with Gasteiger partial charge in [-0.3, -0.25) is 4.79 Å². The molecular weight excluding hydrogens is 472 g/mol. The van der Waals surface area contributed by atoms with Crippen LogP contribution in [0.2, 0.25) is 20.1 Å². The van der Waals surface area contributed by atoms with Gasteiger partial charge in [0.15, 0.2) is 6.61 Å². The molecule has 1 aliphatic carbocycles. The van der Waals surface area contributed by atoms with Gasteiger partial charge in [0.2, 0.25) is 11.8 Å². The average molecular weight is 487 g/mol. The summed E-state index contributed by atoms with van der Waals surface area (Å²) in [6, 6.07) is 10.2. The van der Waals surface area contributed by atoms with E-state index in [1.165, 1.54) is 12.1 Å². The third-order valence-electron chi connectivity index (χ3n) is 4.51. The highest BCUT2D eigenvalue weighted by Gasteiger charge is 2.34. The molecule has 0 unspecified atom stereocenters. The van der Waals surface area contributed by atoms with Crippen molar-refractivity contribution in [2.24, 2.45) is 0 Å². The summed E-state index contributed by atoms with van der Waals surface area (Å²) in [6.45, 7) is -0.0287. The summed E-state index contributed by atoms with van der Waals surface area (Å²) in [7, 11) is 0. The molecular formula is C20H15Cl4N3O3. The van der Waals surface area contributed by atoms with Gasteiger partial charge >= 0.3 is 0 Å². The van der Waals surface area contributed by atoms with E-state index >= 15 is 0 Å². The lowest BCUT2D eigenvalue weighted by molar-refractivity contribution is -0.134. The predicted octanol–water partition coefficient (Wildman–Crippen LogP) is 5.92. The van der Waals surface area contributed by atoms with E-state index < -0.39 is 0 Å². The lowest BCUT2D eigenvalue weighted by atomic mass is 10.2. The Kier molecular flexibility index (Phi) is 6.39. The van der Waals surface area contributed by atoms with E-state index in [1.54, 1.807) is 17.0 Å². The van der Waals surface area contributed by atoms with Crippen molar-refractivity contribution in [1.29, 1.82) is 0 Å². The molecule has 1 fully saturated rings. The van der Waals surface area contributed by atoms with Crippen LogP contribution in [0, 0.1) is 0 Å². The van der Waals surface area contributed by atoms with Crippen molar-refractivity contribution in [3.63, 3.8) is 0 Å². The van der Waals surface area contributed by atoms with Gasteiger partial charge in [-0.15, -0.1) is 10.2 Å². The van der Waals surface area contributed by atoms with Gasteiger partial charge in [0, 0.05) is 12.1 Å². The van der Waals surface area contributed by atoms with Crippen LogP contribution in [0.1, 0.15) is 18.7 Å². The molecule has 1 aromatic heterocycles. The Hall–Kier alpha value is -1.99. The molecule has 1 amide bonds. The van der Waals surface area contributed by atoms with Gasteiger partial charge in [0.1, 0.15) is 5.75 Å². The molecule has 0 saturated heterocycles. The van der Waals surface area contributed by atoms with Gasteiger partial charge in [-0.25, -0.2) is 0 Å². The summed E-state index contributed by atoms with van der Waals surface area (Å²) in [6.07, 6.45) is 1.82. The fourth-order valence-corrected chi connectivity index (χ4v) is 3.66. The summed E-state index contributed by atoms with van der Waals surface area (Å²) < 4.78 is 11.3.